The van der Waals surface area contributed by atoms with Crippen molar-refractivity contribution in [2.45, 2.75) is 19.3 Å². The molecule has 174 valence electrons. The monoisotopic (exact) mass is 463 g/mol. The molecule has 1 aromatic heterocycles. The highest BCUT2D eigenvalue weighted by molar-refractivity contribution is 6.09. The van der Waals surface area contributed by atoms with Crippen LogP contribution < -0.4 is 20.3 Å². The number of hydrogen-bond donors (Lipinski definition) is 1. The van der Waals surface area contributed by atoms with Crippen molar-refractivity contribution in [3.8, 4) is 11.4 Å². The fourth-order valence-corrected chi connectivity index (χ4v) is 4.51. The minimum atomic E-state index is -0.759. The first-order valence-electron chi connectivity index (χ1n) is 10.9. The first kappa shape index (κ1) is 21.6. The highest BCUT2D eigenvalue weighted by Crippen LogP contribution is 2.31. The second kappa shape index (κ2) is 8.29. The number of nitrogens with zero attached hydrogens (tertiary/aromatic N) is 4. The van der Waals surface area contributed by atoms with Crippen LogP contribution in [0.4, 0.5) is 15.8 Å². The third-order valence-electron chi connectivity index (χ3n) is 6.18. The Bertz CT molecular complexity index is 1320. The van der Waals surface area contributed by atoms with Crippen molar-refractivity contribution >= 4 is 29.1 Å². The molecule has 34 heavy (non-hydrogen) atoms. The minimum absolute atomic E-state index is 0.0119. The smallest absolute Gasteiger partial charge is 0.277 e. The number of nitrogens with two attached hydrogens (primary N) is 1. The number of rotatable bonds is 5. The molecule has 0 aliphatic carbocycles. The van der Waals surface area contributed by atoms with Crippen molar-refractivity contribution in [1.29, 1.82) is 0 Å². The third kappa shape index (κ3) is 3.47. The maximum atomic E-state index is 14.4. The number of fused-ring (bicyclic) bond motifs is 1. The summed E-state index contributed by atoms with van der Waals surface area (Å²) < 4.78 is 20.6. The lowest BCUT2D eigenvalue weighted by Gasteiger charge is -2.28. The first-order chi connectivity index (χ1) is 16.4. The molecule has 2 aliphatic heterocycles. The molecule has 0 radical (unpaired) electrons. The minimum Gasteiger partial charge on any atom is -0.494 e. The quantitative estimate of drug-likeness (QED) is 0.625. The number of anilines is 2. The van der Waals surface area contributed by atoms with E-state index in [-0.39, 0.29) is 34.6 Å². The molecule has 3 amide bonds. The molecule has 9 nitrogen and oxygen atoms in total. The van der Waals surface area contributed by atoms with Gasteiger partial charge in [0, 0.05) is 42.5 Å². The topological polar surface area (TPSA) is 111 Å². The molecule has 0 unspecified atom stereocenters. The Morgan fingerprint density at radius 3 is 2.26 bits per heavy atom. The van der Waals surface area contributed by atoms with Gasteiger partial charge in [0.05, 0.1) is 12.8 Å². The van der Waals surface area contributed by atoms with Crippen molar-refractivity contribution < 1.29 is 23.5 Å². The van der Waals surface area contributed by atoms with Gasteiger partial charge in [-0.1, -0.05) is 0 Å². The predicted octanol–water partition coefficient (Wildman–Crippen LogP) is 2.45. The zero-order chi connectivity index (χ0) is 24.0. The normalized spacial score (nSPS) is 15.6. The van der Waals surface area contributed by atoms with E-state index in [0.717, 1.165) is 12.1 Å². The largest absolute Gasteiger partial charge is 0.494 e. The molecule has 3 aromatic rings. The van der Waals surface area contributed by atoms with Crippen LogP contribution in [0.15, 0.2) is 42.5 Å². The van der Waals surface area contributed by atoms with Gasteiger partial charge in [-0.3, -0.25) is 14.4 Å². The van der Waals surface area contributed by atoms with E-state index < -0.39 is 11.7 Å². The van der Waals surface area contributed by atoms with E-state index in [1.54, 1.807) is 28.0 Å². The van der Waals surface area contributed by atoms with Crippen LogP contribution >= 0.6 is 0 Å². The summed E-state index contributed by atoms with van der Waals surface area (Å²) in [6.07, 6.45) is 1.71. The number of ether oxygens (including phenoxy) is 1. The molecule has 2 N–H and O–H groups in total. The Morgan fingerprint density at radius 1 is 1.00 bits per heavy atom. The summed E-state index contributed by atoms with van der Waals surface area (Å²) in [5.41, 5.74) is 7.78. The number of aromatic nitrogens is 2. The lowest BCUT2D eigenvalue weighted by Crippen LogP contribution is -2.39. The standard InChI is InChI=1S/C24H22FN5O4/c1-34-19-9-8-16(13-18(19)25)30-22-17(21(27-30)23(26)32)10-12-29(24(22)33)15-6-4-14(5-7-15)28-11-2-3-20(28)31/h4-9,13H,2-3,10-12H2,1H3,(H2,26,32). The summed E-state index contributed by atoms with van der Waals surface area (Å²) in [6.45, 7) is 0.995. The van der Waals surface area contributed by atoms with Gasteiger partial charge in [0.15, 0.2) is 17.3 Å². The molecular formula is C24H22FN5O4. The third-order valence-corrected chi connectivity index (χ3v) is 6.18. The number of carbonyl (C=O) groups is 3. The van der Waals surface area contributed by atoms with Crippen molar-refractivity contribution in [3.05, 3.63) is 65.2 Å². The van der Waals surface area contributed by atoms with Gasteiger partial charge < -0.3 is 20.3 Å². The van der Waals surface area contributed by atoms with Gasteiger partial charge in [0.25, 0.3) is 11.8 Å². The molecule has 0 saturated carbocycles. The number of methoxy groups -OCH3 is 1. The van der Waals surface area contributed by atoms with Gasteiger partial charge in [0.1, 0.15) is 5.69 Å². The molecule has 2 aliphatic rings. The second-order valence-electron chi connectivity index (χ2n) is 8.14. The zero-order valence-electron chi connectivity index (χ0n) is 18.5. The number of benzene rings is 2. The molecule has 10 heteroatoms. The van der Waals surface area contributed by atoms with E-state index in [2.05, 4.69) is 5.10 Å². The average Bonchev–Trinajstić information content (AvgIpc) is 3.44. The number of carbonyl (C=O) groups excluding carboxylic acids is 3. The fraction of sp³-hybridized carbons (Fsp3) is 0.250. The lowest BCUT2D eigenvalue weighted by molar-refractivity contribution is -0.117. The van der Waals surface area contributed by atoms with Crippen LogP contribution in [0.25, 0.3) is 5.69 Å². The number of amides is 3. The van der Waals surface area contributed by atoms with E-state index in [9.17, 15) is 18.8 Å². The summed E-state index contributed by atoms with van der Waals surface area (Å²) in [5, 5.41) is 4.25. The molecular weight excluding hydrogens is 441 g/mol. The summed E-state index contributed by atoms with van der Waals surface area (Å²) in [5.74, 6) is -1.64. The van der Waals surface area contributed by atoms with Crippen LogP contribution in [0.5, 0.6) is 5.75 Å². The Kier molecular flexibility index (Phi) is 5.27. The highest BCUT2D eigenvalue weighted by Gasteiger charge is 2.35. The summed E-state index contributed by atoms with van der Waals surface area (Å²) in [4.78, 5) is 40.9. The van der Waals surface area contributed by atoms with Crippen LogP contribution in [-0.2, 0) is 11.2 Å². The van der Waals surface area contributed by atoms with Crippen molar-refractivity contribution in [3.63, 3.8) is 0 Å². The lowest BCUT2D eigenvalue weighted by atomic mass is 10.0. The van der Waals surface area contributed by atoms with E-state index in [4.69, 9.17) is 10.5 Å². The van der Waals surface area contributed by atoms with Gasteiger partial charge >= 0.3 is 0 Å². The van der Waals surface area contributed by atoms with Crippen LogP contribution in [0.1, 0.15) is 39.4 Å². The van der Waals surface area contributed by atoms with Crippen molar-refractivity contribution in [2.75, 3.05) is 30.0 Å². The van der Waals surface area contributed by atoms with E-state index in [1.807, 2.05) is 12.1 Å². The Morgan fingerprint density at radius 2 is 1.68 bits per heavy atom. The van der Waals surface area contributed by atoms with Crippen molar-refractivity contribution in [1.82, 2.24) is 9.78 Å². The molecule has 0 spiro atoms. The SMILES string of the molecule is COc1ccc(-n2nc(C(N)=O)c3c2C(=O)N(c2ccc(N4CCCC4=O)cc2)CC3)cc1F. The fourth-order valence-electron chi connectivity index (χ4n) is 4.51. The van der Waals surface area contributed by atoms with E-state index in [0.29, 0.717) is 37.2 Å². The maximum Gasteiger partial charge on any atom is 0.277 e. The Hall–Kier alpha value is -4.21. The van der Waals surface area contributed by atoms with Crippen LogP contribution in [0, 0.1) is 5.82 Å². The molecule has 0 bridgehead atoms. The second-order valence-corrected chi connectivity index (χ2v) is 8.14. The molecule has 1 saturated heterocycles. The number of hydrogen-bond acceptors (Lipinski definition) is 5. The summed E-state index contributed by atoms with van der Waals surface area (Å²) in [6, 6.07) is 11.4. The maximum absolute atomic E-state index is 14.4. The zero-order valence-corrected chi connectivity index (χ0v) is 18.5. The van der Waals surface area contributed by atoms with Gasteiger partial charge in [-0.15, -0.1) is 0 Å². The van der Waals surface area contributed by atoms with Gasteiger partial charge in [-0.2, -0.15) is 5.10 Å². The molecule has 2 aromatic carbocycles. The number of primary amides is 1. The summed E-state index contributed by atoms with van der Waals surface area (Å²) in [7, 11) is 1.35. The van der Waals surface area contributed by atoms with Crippen molar-refractivity contribution in [2.24, 2.45) is 5.73 Å². The van der Waals surface area contributed by atoms with E-state index >= 15 is 0 Å². The van der Waals surface area contributed by atoms with Gasteiger partial charge in [0.2, 0.25) is 5.91 Å². The summed E-state index contributed by atoms with van der Waals surface area (Å²) >= 11 is 0. The predicted molar refractivity (Wildman–Crippen MR) is 122 cm³/mol. The van der Waals surface area contributed by atoms with Crippen LogP contribution in [0.2, 0.25) is 0 Å². The molecule has 1 fully saturated rings. The number of halogens is 1. The first-order valence-corrected chi connectivity index (χ1v) is 10.9. The van der Waals surface area contributed by atoms with Gasteiger partial charge in [-0.05, 0) is 49.2 Å². The molecule has 0 atom stereocenters. The van der Waals surface area contributed by atoms with Crippen LogP contribution in [-0.4, -0.2) is 47.7 Å². The highest BCUT2D eigenvalue weighted by atomic mass is 19.1. The van der Waals surface area contributed by atoms with Crippen LogP contribution in [0.3, 0.4) is 0 Å². The Balaban J connectivity index is 1.53. The Labute approximate surface area is 194 Å². The van der Waals surface area contributed by atoms with E-state index in [1.165, 1.54) is 23.9 Å². The molecule has 3 heterocycles. The molecule has 5 rings (SSSR count). The van der Waals surface area contributed by atoms with Gasteiger partial charge in [-0.25, -0.2) is 9.07 Å². The average molecular weight is 463 g/mol.